The molecule has 1 amide bonds. The van der Waals surface area contributed by atoms with Crippen molar-refractivity contribution < 1.29 is 17.9 Å². The molecule has 0 aliphatic carbocycles. The molecule has 26 heavy (non-hydrogen) atoms. The molecule has 0 aliphatic rings. The molecule has 0 bridgehead atoms. The minimum atomic E-state index is -3.72. The number of methoxy groups -OCH3 is 1. The van der Waals surface area contributed by atoms with Crippen LogP contribution in [0.15, 0.2) is 47.4 Å². The third-order valence-corrected chi connectivity index (χ3v) is 5.17. The van der Waals surface area contributed by atoms with E-state index in [0.717, 1.165) is 11.1 Å². The number of hydrogen-bond acceptors (Lipinski definition) is 4. The molecule has 2 aromatic carbocycles. The normalized spacial score (nSPS) is 12.5. The minimum absolute atomic E-state index is 0.0381. The Labute approximate surface area is 158 Å². The van der Waals surface area contributed by atoms with Crippen molar-refractivity contribution in [3.8, 4) is 5.75 Å². The van der Waals surface area contributed by atoms with E-state index in [9.17, 15) is 13.2 Å². The summed E-state index contributed by atoms with van der Waals surface area (Å²) in [6.45, 7) is 1.83. The number of rotatable bonds is 7. The average Bonchev–Trinajstić information content (AvgIpc) is 2.59. The highest BCUT2D eigenvalue weighted by Crippen LogP contribution is 2.25. The average molecular weight is 397 g/mol. The Kier molecular flexibility index (Phi) is 6.63. The molecule has 2 aromatic rings. The maximum atomic E-state index is 12.1. The summed E-state index contributed by atoms with van der Waals surface area (Å²) in [4.78, 5) is 12.2. The first-order valence-corrected chi connectivity index (χ1v) is 9.87. The largest absolute Gasteiger partial charge is 0.495 e. The molecule has 0 heterocycles. The third kappa shape index (κ3) is 5.45. The van der Waals surface area contributed by atoms with Gasteiger partial charge in [0.15, 0.2) is 0 Å². The van der Waals surface area contributed by atoms with Gasteiger partial charge in [0.2, 0.25) is 15.9 Å². The van der Waals surface area contributed by atoms with Crippen LogP contribution in [0, 0.1) is 0 Å². The molecule has 0 saturated carbocycles. The van der Waals surface area contributed by atoms with Crippen LogP contribution in [-0.2, 0) is 21.2 Å². The summed E-state index contributed by atoms with van der Waals surface area (Å²) in [5.41, 5.74) is 1.73. The second-order valence-electron chi connectivity index (χ2n) is 5.87. The quantitative estimate of drug-likeness (QED) is 0.751. The molecular weight excluding hydrogens is 376 g/mol. The molecule has 8 heteroatoms. The molecule has 0 aromatic heterocycles. The van der Waals surface area contributed by atoms with Crippen molar-refractivity contribution in [1.82, 2.24) is 5.32 Å². The second kappa shape index (κ2) is 8.53. The number of ether oxygens (including phenoxy) is 1. The maximum Gasteiger partial charge on any atom is 0.238 e. The van der Waals surface area contributed by atoms with Crippen LogP contribution in [0.1, 0.15) is 30.5 Å². The van der Waals surface area contributed by atoms with Crippen LogP contribution < -0.4 is 15.2 Å². The molecule has 3 N–H and O–H groups in total. The van der Waals surface area contributed by atoms with Gasteiger partial charge in [-0.2, -0.15) is 0 Å². The zero-order valence-corrected chi connectivity index (χ0v) is 16.1. The molecule has 0 aliphatic heterocycles. The van der Waals surface area contributed by atoms with Crippen LogP contribution in [-0.4, -0.2) is 21.4 Å². The van der Waals surface area contributed by atoms with Crippen LogP contribution in [0.25, 0.3) is 0 Å². The number of nitrogens with one attached hydrogen (secondary N) is 1. The number of carbonyl (C=O) groups is 1. The van der Waals surface area contributed by atoms with E-state index < -0.39 is 10.0 Å². The standard InChI is InChI=1S/C18H21ClN2O4S/c1-12(14-5-7-15(8-6-14)26(20,23)24)21-18(22)10-4-13-3-9-17(25-2)16(19)11-13/h3,5-9,11-12H,4,10H2,1-2H3,(H,21,22)(H2,20,23,24). The van der Waals surface area contributed by atoms with E-state index in [1.807, 2.05) is 13.0 Å². The van der Waals surface area contributed by atoms with Crippen molar-refractivity contribution in [2.24, 2.45) is 5.14 Å². The zero-order valence-electron chi connectivity index (χ0n) is 14.5. The lowest BCUT2D eigenvalue weighted by molar-refractivity contribution is -0.121. The Morgan fingerprint density at radius 3 is 2.42 bits per heavy atom. The van der Waals surface area contributed by atoms with Crippen molar-refractivity contribution >= 4 is 27.5 Å². The molecule has 1 atom stereocenters. The second-order valence-corrected chi connectivity index (χ2v) is 7.84. The van der Waals surface area contributed by atoms with Crippen molar-refractivity contribution in [2.75, 3.05) is 7.11 Å². The number of hydrogen-bond donors (Lipinski definition) is 2. The van der Waals surface area contributed by atoms with Crippen LogP contribution >= 0.6 is 11.6 Å². The molecule has 1 unspecified atom stereocenters. The summed E-state index contributed by atoms with van der Waals surface area (Å²) in [5.74, 6) is 0.483. The van der Waals surface area contributed by atoms with Crippen molar-refractivity contribution in [3.63, 3.8) is 0 Å². The van der Waals surface area contributed by atoms with E-state index in [-0.39, 0.29) is 16.8 Å². The first-order valence-electron chi connectivity index (χ1n) is 7.95. The number of halogens is 1. The SMILES string of the molecule is COc1ccc(CCC(=O)NC(C)c2ccc(S(N)(=O)=O)cc2)cc1Cl. The summed E-state index contributed by atoms with van der Waals surface area (Å²) in [6.07, 6.45) is 0.856. The van der Waals surface area contributed by atoms with Crippen molar-refractivity contribution in [3.05, 3.63) is 58.6 Å². The number of aryl methyl sites for hydroxylation is 1. The van der Waals surface area contributed by atoms with Crippen molar-refractivity contribution in [2.45, 2.75) is 30.7 Å². The predicted molar refractivity (Wildman–Crippen MR) is 101 cm³/mol. The van der Waals surface area contributed by atoms with Crippen LogP contribution in [0.3, 0.4) is 0 Å². The van der Waals surface area contributed by atoms with Gasteiger partial charge in [-0.05, 0) is 48.7 Å². The predicted octanol–water partition coefficient (Wildman–Crippen LogP) is 2.81. The summed E-state index contributed by atoms with van der Waals surface area (Å²) >= 11 is 6.08. The van der Waals surface area contributed by atoms with Gasteiger partial charge in [0.1, 0.15) is 5.75 Å². The van der Waals surface area contributed by atoms with Gasteiger partial charge in [-0.25, -0.2) is 13.6 Å². The van der Waals surface area contributed by atoms with Gasteiger partial charge in [-0.3, -0.25) is 4.79 Å². The summed E-state index contributed by atoms with van der Waals surface area (Å²) < 4.78 is 27.6. The molecule has 0 fully saturated rings. The van der Waals surface area contributed by atoms with E-state index >= 15 is 0 Å². The van der Waals surface area contributed by atoms with Gasteiger partial charge in [-0.15, -0.1) is 0 Å². The highest BCUT2D eigenvalue weighted by molar-refractivity contribution is 7.89. The lowest BCUT2D eigenvalue weighted by Crippen LogP contribution is -2.26. The highest BCUT2D eigenvalue weighted by Gasteiger charge is 2.12. The van der Waals surface area contributed by atoms with Gasteiger partial charge < -0.3 is 10.1 Å². The topological polar surface area (TPSA) is 98.5 Å². The Morgan fingerprint density at radius 1 is 1.23 bits per heavy atom. The maximum absolute atomic E-state index is 12.1. The molecule has 140 valence electrons. The summed E-state index contributed by atoms with van der Waals surface area (Å²) in [6, 6.07) is 11.3. The monoisotopic (exact) mass is 396 g/mol. The number of benzene rings is 2. The Morgan fingerprint density at radius 2 is 1.88 bits per heavy atom. The van der Waals surface area contributed by atoms with Crippen molar-refractivity contribution in [1.29, 1.82) is 0 Å². The Balaban J connectivity index is 1.91. The van der Waals surface area contributed by atoms with E-state index in [2.05, 4.69) is 5.32 Å². The summed E-state index contributed by atoms with van der Waals surface area (Å²) in [7, 11) is -2.18. The number of carbonyl (C=O) groups excluding carboxylic acids is 1. The van der Waals surface area contributed by atoms with Gasteiger partial charge in [0.05, 0.1) is 23.1 Å². The zero-order chi connectivity index (χ0) is 19.3. The lowest BCUT2D eigenvalue weighted by atomic mass is 10.1. The van der Waals surface area contributed by atoms with E-state index in [1.165, 1.54) is 12.1 Å². The van der Waals surface area contributed by atoms with Gasteiger partial charge in [0.25, 0.3) is 0 Å². The van der Waals surface area contributed by atoms with E-state index in [4.69, 9.17) is 21.5 Å². The molecule has 2 rings (SSSR count). The van der Waals surface area contributed by atoms with Gasteiger partial charge >= 0.3 is 0 Å². The number of amides is 1. The van der Waals surface area contributed by atoms with E-state index in [1.54, 1.807) is 31.4 Å². The molecule has 0 radical (unpaired) electrons. The first kappa shape index (κ1) is 20.2. The minimum Gasteiger partial charge on any atom is -0.495 e. The fraction of sp³-hybridized carbons (Fsp3) is 0.278. The van der Waals surface area contributed by atoms with Gasteiger partial charge in [0, 0.05) is 6.42 Å². The number of primary sulfonamides is 1. The first-order chi connectivity index (χ1) is 12.2. The van der Waals surface area contributed by atoms with E-state index in [0.29, 0.717) is 23.6 Å². The molecular formula is C18H21ClN2O4S. The smallest absolute Gasteiger partial charge is 0.238 e. The van der Waals surface area contributed by atoms with Crippen LogP contribution in [0.4, 0.5) is 0 Å². The Bertz CT molecular complexity index is 883. The van der Waals surface area contributed by atoms with Crippen LogP contribution in [0.5, 0.6) is 5.75 Å². The lowest BCUT2D eigenvalue weighted by Gasteiger charge is -2.15. The highest BCUT2D eigenvalue weighted by atomic mass is 35.5. The Hall–Kier alpha value is -2.09. The molecule has 6 nitrogen and oxygen atoms in total. The summed E-state index contributed by atoms with van der Waals surface area (Å²) in [5, 5.41) is 8.47. The fourth-order valence-electron chi connectivity index (χ4n) is 2.47. The fourth-order valence-corrected chi connectivity index (χ4v) is 3.26. The number of sulfonamides is 1. The van der Waals surface area contributed by atoms with Gasteiger partial charge in [-0.1, -0.05) is 29.8 Å². The third-order valence-electron chi connectivity index (χ3n) is 3.94. The number of nitrogens with two attached hydrogens (primary N) is 1. The molecule has 0 spiro atoms. The van der Waals surface area contributed by atoms with Crippen LogP contribution in [0.2, 0.25) is 5.02 Å². The molecule has 0 saturated heterocycles.